The van der Waals surface area contributed by atoms with Crippen LogP contribution in [-0.4, -0.2) is 39.4 Å². The van der Waals surface area contributed by atoms with Crippen molar-refractivity contribution in [1.29, 1.82) is 0 Å². The normalized spacial score (nSPS) is 20.4. The number of benzene rings is 1. The second-order valence-electron chi connectivity index (χ2n) is 8.06. The van der Waals surface area contributed by atoms with Gasteiger partial charge in [-0.15, -0.1) is 24.8 Å². The molecule has 6 heteroatoms. The van der Waals surface area contributed by atoms with Crippen LogP contribution in [0.3, 0.4) is 0 Å². The molecule has 1 saturated heterocycles. The molecule has 1 heterocycles. The highest BCUT2D eigenvalue weighted by Crippen LogP contribution is 2.40. The van der Waals surface area contributed by atoms with Gasteiger partial charge < -0.3 is 9.74 Å². The summed E-state index contributed by atoms with van der Waals surface area (Å²) < 4.78 is 6.12. The van der Waals surface area contributed by atoms with Crippen molar-refractivity contribution < 1.29 is 4.43 Å². The Bertz CT molecular complexity index is 495. The molecular weight excluding hydrogens is 371 g/mol. The van der Waals surface area contributed by atoms with E-state index in [2.05, 4.69) is 54.1 Å². The quantitative estimate of drug-likeness (QED) is 0.707. The van der Waals surface area contributed by atoms with Crippen molar-refractivity contribution in [3.8, 4) is 5.75 Å². The Balaban J connectivity index is 0.00000156. The van der Waals surface area contributed by atoms with Gasteiger partial charge in [-0.2, -0.15) is 0 Å². The summed E-state index contributed by atoms with van der Waals surface area (Å²) >= 11 is 0. The molecule has 2 fully saturated rings. The Kier molecular flexibility index (Phi) is 9.27. The SMILES string of the molecule is C[Si](C)(C)Oc1ccc([C@@H](C2CCCC2)N2CCNCC2)cc1.Cl.Cl. The molecule has 1 aliphatic carbocycles. The van der Waals surface area contributed by atoms with Crippen LogP contribution in [0.5, 0.6) is 5.75 Å². The third-order valence-corrected chi connectivity index (χ3v) is 5.89. The fraction of sp³-hybridized carbons (Fsp3) is 0.684. The van der Waals surface area contributed by atoms with E-state index in [0.717, 1.165) is 24.8 Å². The topological polar surface area (TPSA) is 24.5 Å². The zero-order chi connectivity index (χ0) is 16.3. The van der Waals surface area contributed by atoms with E-state index in [1.807, 2.05) is 0 Å². The van der Waals surface area contributed by atoms with Gasteiger partial charge in [0.15, 0.2) is 0 Å². The summed E-state index contributed by atoms with van der Waals surface area (Å²) in [5.74, 6) is 1.87. The fourth-order valence-electron chi connectivity index (χ4n) is 4.10. The summed E-state index contributed by atoms with van der Waals surface area (Å²) in [5, 5.41) is 3.49. The first-order chi connectivity index (χ1) is 11.0. The van der Waals surface area contributed by atoms with Crippen molar-refractivity contribution in [3.05, 3.63) is 29.8 Å². The largest absolute Gasteiger partial charge is 0.544 e. The molecule has 3 rings (SSSR count). The molecule has 0 spiro atoms. The predicted molar refractivity (Wildman–Crippen MR) is 114 cm³/mol. The Hall–Kier alpha value is -0.263. The zero-order valence-corrected chi connectivity index (χ0v) is 18.4. The van der Waals surface area contributed by atoms with E-state index in [1.165, 1.54) is 44.3 Å². The first-order valence-corrected chi connectivity index (χ1v) is 12.7. The molecule has 144 valence electrons. The molecule has 1 aromatic carbocycles. The lowest BCUT2D eigenvalue weighted by atomic mass is 9.89. The lowest BCUT2D eigenvalue weighted by Crippen LogP contribution is -2.46. The van der Waals surface area contributed by atoms with Gasteiger partial charge in [0.25, 0.3) is 0 Å². The van der Waals surface area contributed by atoms with E-state index >= 15 is 0 Å². The molecule has 0 unspecified atom stereocenters. The number of nitrogens with zero attached hydrogens (tertiary/aromatic N) is 1. The molecular formula is C19H34Cl2N2OSi. The minimum Gasteiger partial charge on any atom is -0.544 e. The van der Waals surface area contributed by atoms with Crippen molar-refractivity contribution in [3.63, 3.8) is 0 Å². The lowest BCUT2D eigenvalue weighted by molar-refractivity contribution is 0.125. The Morgan fingerprint density at radius 1 is 1.00 bits per heavy atom. The second kappa shape index (κ2) is 10.2. The van der Waals surface area contributed by atoms with Crippen molar-refractivity contribution in [2.75, 3.05) is 26.2 Å². The van der Waals surface area contributed by atoms with E-state index in [4.69, 9.17) is 4.43 Å². The van der Waals surface area contributed by atoms with Crippen LogP contribution in [0.4, 0.5) is 0 Å². The van der Waals surface area contributed by atoms with Gasteiger partial charge in [-0.25, -0.2) is 0 Å². The van der Waals surface area contributed by atoms with Gasteiger partial charge in [0.2, 0.25) is 8.32 Å². The van der Waals surface area contributed by atoms with E-state index in [9.17, 15) is 0 Å². The number of hydrogen-bond acceptors (Lipinski definition) is 3. The summed E-state index contributed by atoms with van der Waals surface area (Å²) in [4.78, 5) is 2.71. The maximum Gasteiger partial charge on any atom is 0.242 e. The number of piperazine rings is 1. The summed E-state index contributed by atoms with van der Waals surface area (Å²) in [6.45, 7) is 11.3. The minimum atomic E-state index is -1.52. The summed E-state index contributed by atoms with van der Waals surface area (Å²) in [7, 11) is -1.52. The van der Waals surface area contributed by atoms with Gasteiger partial charge in [-0.1, -0.05) is 25.0 Å². The highest BCUT2D eigenvalue weighted by molar-refractivity contribution is 6.70. The van der Waals surface area contributed by atoms with E-state index in [0.29, 0.717) is 6.04 Å². The molecule has 1 aromatic rings. The van der Waals surface area contributed by atoms with E-state index in [-0.39, 0.29) is 24.8 Å². The third-order valence-electron chi connectivity index (χ3n) is 5.04. The lowest BCUT2D eigenvalue weighted by Gasteiger charge is -2.38. The molecule has 25 heavy (non-hydrogen) atoms. The standard InChI is InChI=1S/C19H32N2OSi.2ClH/c1-23(2,3)22-18-10-8-17(9-11-18)19(16-6-4-5-7-16)21-14-12-20-13-15-21;;/h8-11,16,19-20H,4-7,12-15H2,1-3H3;2*1H/t19-;;/m1../s1. The number of halogens is 2. The predicted octanol–water partition coefficient (Wildman–Crippen LogP) is 4.88. The van der Waals surface area contributed by atoms with Crippen LogP contribution in [0.25, 0.3) is 0 Å². The molecule has 0 aromatic heterocycles. The van der Waals surface area contributed by atoms with Gasteiger partial charge in [0.05, 0.1) is 0 Å². The van der Waals surface area contributed by atoms with E-state index in [1.54, 1.807) is 0 Å². The smallest absolute Gasteiger partial charge is 0.242 e. The van der Waals surface area contributed by atoms with Crippen molar-refractivity contribution in [1.82, 2.24) is 10.2 Å². The van der Waals surface area contributed by atoms with Gasteiger partial charge in [0.1, 0.15) is 5.75 Å². The number of hydrogen-bond donors (Lipinski definition) is 1. The first-order valence-electron chi connectivity index (χ1n) is 9.27. The monoisotopic (exact) mass is 404 g/mol. The van der Waals surface area contributed by atoms with Crippen LogP contribution in [0.2, 0.25) is 19.6 Å². The molecule has 1 N–H and O–H groups in total. The van der Waals surface area contributed by atoms with E-state index < -0.39 is 8.32 Å². The number of nitrogens with one attached hydrogen (secondary N) is 1. The Morgan fingerprint density at radius 3 is 2.08 bits per heavy atom. The zero-order valence-electron chi connectivity index (χ0n) is 15.8. The molecule has 2 aliphatic rings. The van der Waals surface area contributed by atoms with Crippen LogP contribution in [0.1, 0.15) is 37.3 Å². The molecule has 1 atom stereocenters. The third kappa shape index (κ3) is 6.44. The van der Waals surface area contributed by atoms with Gasteiger partial charge in [-0.05, 0) is 56.1 Å². The van der Waals surface area contributed by atoms with Gasteiger partial charge in [0, 0.05) is 32.2 Å². The minimum absolute atomic E-state index is 0. The van der Waals surface area contributed by atoms with Gasteiger partial charge in [-0.3, -0.25) is 4.90 Å². The van der Waals surface area contributed by atoms with Gasteiger partial charge >= 0.3 is 0 Å². The van der Waals surface area contributed by atoms with Crippen molar-refractivity contribution in [2.45, 2.75) is 51.4 Å². The summed E-state index contributed by atoms with van der Waals surface area (Å²) in [6.07, 6.45) is 5.59. The molecule has 0 amide bonds. The highest BCUT2D eigenvalue weighted by Gasteiger charge is 2.31. The molecule has 3 nitrogen and oxygen atoms in total. The molecule has 0 radical (unpaired) electrons. The summed E-state index contributed by atoms with van der Waals surface area (Å²) in [6, 6.07) is 9.62. The van der Waals surface area contributed by atoms with Crippen LogP contribution in [0, 0.1) is 5.92 Å². The molecule has 1 aliphatic heterocycles. The van der Waals surface area contributed by atoms with Crippen LogP contribution in [-0.2, 0) is 0 Å². The highest BCUT2D eigenvalue weighted by atomic mass is 35.5. The Labute approximate surface area is 166 Å². The van der Waals surface area contributed by atoms with Crippen LogP contribution >= 0.6 is 24.8 Å². The average molecular weight is 405 g/mol. The Morgan fingerprint density at radius 2 is 1.56 bits per heavy atom. The first kappa shape index (κ1) is 22.8. The average Bonchev–Trinajstić information content (AvgIpc) is 3.03. The van der Waals surface area contributed by atoms with Crippen molar-refractivity contribution in [2.24, 2.45) is 5.92 Å². The summed E-state index contributed by atoms with van der Waals surface area (Å²) in [5.41, 5.74) is 1.49. The second-order valence-corrected chi connectivity index (χ2v) is 12.5. The maximum atomic E-state index is 6.12. The molecule has 0 bridgehead atoms. The van der Waals surface area contributed by atoms with Crippen LogP contribution < -0.4 is 9.74 Å². The number of rotatable bonds is 5. The van der Waals surface area contributed by atoms with Crippen LogP contribution in [0.15, 0.2) is 24.3 Å². The fourth-order valence-corrected chi connectivity index (χ4v) is 4.94. The molecule has 1 saturated carbocycles. The maximum absolute atomic E-state index is 6.12. The van der Waals surface area contributed by atoms with Crippen molar-refractivity contribution >= 4 is 33.1 Å².